The van der Waals surface area contributed by atoms with E-state index in [1.54, 1.807) is 0 Å². The first-order valence-corrected chi connectivity index (χ1v) is 7.99. The predicted octanol–water partition coefficient (Wildman–Crippen LogP) is 3.67. The van der Waals surface area contributed by atoms with Crippen LogP contribution >= 0.6 is 11.3 Å². The molecule has 1 aliphatic carbocycles. The van der Waals surface area contributed by atoms with Gasteiger partial charge in [-0.3, -0.25) is 0 Å². The molecule has 1 N–H and O–H groups in total. The van der Waals surface area contributed by atoms with Gasteiger partial charge in [0.25, 0.3) is 0 Å². The summed E-state index contributed by atoms with van der Waals surface area (Å²) in [5, 5.41) is 5.79. The largest absolute Gasteiger partial charge is 0.364 e. The molecule has 0 bridgehead atoms. The van der Waals surface area contributed by atoms with Crippen molar-refractivity contribution in [2.24, 2.45) is 5.92 Å². The van der Waals surface area contributed by atoms with Crippen molar-refractivity contribution in [2.45, 2.75) is 51.2 Å². The van der Waals surface area contributed by atoms with Crippen LogP contribution in [-0.2, 0) is 4.74 Å². The predicted molar refractivity (Wildman–Crippen MR) is 76.1 cm³/mol. The van der Waals surface area contributed by atoms with Gasteiger partial charge in [-0.25, -0.2) is 0 Å². The third kappa shape index (κ3) is 2.36. The van der Waals surface area contributed by atoms with Gasteiger partial charge in [-0.15, -0.1) is 11.3 Å². The highest BCUT2D eigenvalue weighted by atomic mass is 32.1. The molecule has 0 radical (unpaired) electrons. The highest BCUT2D eigenvalue weighted by Crippen LogP contribution is 2.41. The second-order valence-electron chi connectivity index (χ2n) is 6.09. The third-order valence-corrected chi connectivity index (χ3v) is 5.52. The van der Waals surface area contributed by atoms with Crippen molar-refractivity contribution in [3.8, 4) is 0 Å². The number of thiophene rings is 1. The maximum atomic E-state index is 6.56. The van der Waals surface area contributed by atoms with Gasteiger partial charge in [0.1, 0.15) is 6.10 Å². The molecule has 1 aromatic heterocycles. The normalized spacial score (nSPS) is 37.0. The van der Waals surface area contributed by atoms with E-state index in [-0.39, 0.29) is 11.7 Å². The molecule has 3 unspecified atom stereocenters. The minimum Gasteiger partial charge on any atom is -0.364 e. The molecule has 1 spiro atoms. The van der Waals surface area contributed by atoms with E-state index in [0.717, 1.165) is 19.0 Å². The maximum Gasteiger partial charge on any atom is 0.105 e. The molecule has 18 heavy (non-hydrogen) atoms. The monoisotopic (exact) mass is 265 g/mol. The van der Waals surface area contributed by atoms with Crippen LogP contribution in [0.15, 0.2) is 11.4 Å². The first-order chi connectivity index (χ1) is 8.69. The number of morpholine rings is 1. The summed E-state index contributed by atoms with van der Waals surface area (Å²) in [4.78, 5) is 1.42. The number of hydrogen-bond acceptors (Lipinski definition) is 3. The lowest BCUT2D eigenvalue weighted by atomic mass is 9.78. The van der Waals surface area contributed by atoms with Gasteiger partial charge in [0.15, 0.2) is 0 Å². The van der Waals surface area contributed by atoms with Crippen molar-refractivity contribution in [1.82, 2.24) is 5.32 Å². The summed E-state index contributed by atoms with van der Waals surface area (Å²) in [5.74, 6) is 0.809. The zero-order valence-corrected chi connectivity index (χ0v) is 12.2. The third-order valence-electron chi connectivity index (χ3n) is 4.41. The van der Waals surface area contributed by atoms with Crippen LogP contribution < -0.4 is 5.32 Å². The van der Waals surface area contributed by atoms with E-state index < -0.39 is 0 Å². The molecule has 100 valence electrons. The number of ether oxygens (including phenoxy) is 1. The summed E-state index contributed by atoms with van der Waals surface area (Å²) in [6, 6.07) is 2.20. The molecule has 2 fully saturated rings. The minimum absolute atomic E-state index is 0.108. The van der Waals surface area contributed by atoms with Crippen LogP contribution in [0.2, 0.25) is 0 Å². The molecule has 3 rings (SSSR count). The fourth-order valence-corrected chi connectivity index (χ4v) is 4.51. The van der Waals surface area contributed by atoms with Crippen molar-refractivity contribution in [2.75, 3.05) is 13.1 Å². The molecule has 2 aliphatic rings. The van der Waals surface area contributed by atoms with Gasteiger partial charge in [0.05, 0.1) is 5.60 Å². The Kier molecular flexibility index (Phi) is 3.48. The minimum atomic E-state index is 0.108. The Morgan fingerprint density at radius 3 is 3.11 bits per heavy atom. The van der Waals surface area contributed by atoms with Crippen LogP contribution in [0.25, 0.3) is 0 Å². The summed E-state index contributed by atoms with van der Waals surface area (Å²) >= 11 is 1.84. The highest BCUT2D eigenvalue weighted by molar-refractivity contribution is 7.10. The van der Waals surface area contributed by atoms with Crippen LogP contribution in [0.3, 0.4) is 0 Å². The van der Waals surface area contributed by atoms with Gasteiger partial charge >= 0.3 is 0 Å². The Labute approximate surface area is 114 Å². The van der Waals surface area contributed by atoms with Gasteiger partial charge in [0.2, 0.25) is 0 Å². The fourth-order valence-electron chi connectivity index (χ4n) is 3.56. The first kappa shape index (κ1) is 12.6. The molecule has 1 aliphatic heterocycles. The topological polar surface area (TPSA) is 21.3 Å². The van der Waals surface area contributed by atoms with Crippen LogP contribution in [0.5, 0.6) is 0 Å². The van der Waals surface area contributed by atoms with Crippen LogP contribution in [0.4, 0.5) is 0 Å². The SMILES string of the molecule is Cc1ccsc1C1CNCC2(CCCC(C)C2)O1. The van der Waals surface area contributed by atoms with Crippen LogP contribution in [0, 0.1) is 12.8 Å². The molecular formula is C15H23NOS. The molecule has 2 heterocycles. The molecule has 0 aromatic carbocycles. The average Bonchev–Trinajstić information content (AvgIpc) is 2.75. The summed E-state index contributed by atoms with van der Waals surface area (Å²) < 4.78 is 6.56. The zero-order chi connectivity index (χ0) is 12.6. The summed E-state index contributed by atoms with van der Waals surface area (Å²) in [6.45, 7) is 6.57. The number of rotatable bonds is 1. The van der Waals surface area contributed by atoms with E-state index in [4.69, 9.17) is 4.74 Å². The lowest BCUT2D eigenvalue weighted by molar-refractivity contribution is -0.142. The van der Waals surface area contributed by atoms with E-state index in [0.29, 0.717) is 0 Å². The van der Waals surface area contributed by atoms with Crippen molar-refractivity contribution in [3.05, 3.63) is 21.9 Å². The van der Waals surface area contributed by atoms with E-state index in [1.165, 1.54) is 36.1 Å². The van der Waals surface area contributed by atoms with Gasteiger partial charge < -0.3 is 10.1 Å². The standard InChI is InChI=1S/C15H23NOS/c1-11-4-3-6-15(8-11)10-16-9-13(17-15)14-12(2)5-7-18-14/h5,7,11,13,16H,3-4,6,8-10H2,1-2H3. The number of nitrogens with one attached hydrogen (secondary N) is 1. The molecule has 1 saturated carbocycles. The second-order valence-corrected chi connectivity index (χ2v) is 7.04. The highest BCUT2D eigenvalue weighted by Gasteiger charge is 2.41. The summed E-state index contributed by atoms with van der Waals surface area (Å²) in [5.41, 5.74) is 1.49. The van der Waals surface area contributed by atoms with Crippen molar-refractivity contribution in [1.29, 1.82) is 0 Å². The molecule has 1 aromatic rings. The summed E-state index contributed by atoms with van der Waals surface area (Å²) in [6.07, 6.45) is 5.41. The number of aryl methyl sites for hydroxylation is 1. The van der Waals surface area contributed by atoms with E-state index in [9.17, 15) is 0 Å². The molecular weight excluding hydrogens is 242 g/mol. The van der Waals surface area contributed by atoms with Gasteiger partial charge in [-0.1, -0.05) is 19.8 Å². The summed E-state index contributed by atoms with van der Waals surface area (Å²) in [7, 11) is 0. The molecule has 0 amide bonds. The lowest BCUT2D eigenvalue weighted by Gasteiger charge is -2.46. The molecule has 1 saturated heterocycles. The first-order valence-electron chi connectivity index (χ1n) is 7.11. The number of hydrogen-bond donors (Lipinski definition) is 1. The smallest absolute Gasteiger partial charge is 0.105 e. The van der Waals surface area contributed by atoms with E-state index in [1.807, 2.05) is 11.3 Å². The molecule has 3 heteroatoms. The molecule has 3 atom stereocenters. The van der Waals surface area contributed by atoms with Crippen molar-refractivity contribution in [3.63, 3.8) is 0 Å². The lowest BCUT2D eigenvalue weighted by Crippen LogP contribution is -2.52. The Morgan fingerprint density at radius 1 is 1.50 bits per heavy atom. The Morgan fingerprint density at radius 2 is 2.39 bits per heavy atom. The van der Waals surface area contributed by atoms with Crippen LogP contribution in [0.1, 0.15) is 49.2 Å². The quantitative estimate of drug-likeness (QED) is 0.836. The van der Waals surface area contributed by atoms with Gasteiger partial charge in [0, 0.05) is 18.0 Å². The van der Waals surface area contributed by atoms with Crippen LogP contribution in [-0.4, -0.2) is 18.7 Å². The van der Waals surface area contributed by atoms with Gasteiger partial charge in [-0.2, -0.15) is 0 Å². The second kappa shape index (κ2) is 4.95. The molecule has 2 nitrogen and oxygen atoms in total. The van der Waals surface area contributed by atoms with Gasteiger partial charge in [-0.05, 0) is 42.7 Å². The van der Waals surface area contributed by atoms with Crippen molar-refractivity contribution < 1.29 is 4.74 Å². The Hall–Kier alpha value is -0.380. The van der Waals surface area contributed by atoms with E-state index in [2.05, 4.69) is 30.6 Å². The Balaban J connectivity index is 1.77. The fraction of sp³-hybridized carbons (Fsp3) is 0.733. The Bertz CT molecular complexity index is 412. The zero-order valence-electron chi connectivity index (χ0n) is 11.4. The van der Waals surface area contributed by atoms with E-state index >= 15 is 0 Å². The van der Waals surface area contributed by atoms with Crippen molar-refractivity contribution >= 4 is 11.3 Å². The average molecular weight is 265 g/mol. The maximum absolute atomic E-state index is 6.56.